The van der Waals surface area contributed by atoms with Crippen molar-refractivity contribution in [3.05, 3.63) is 66.4 Å². The van der Waals surface area contributed by atoms with Gasteiger partial charge in [0, 0.05) is 31.4 Å². The van der Waals surface area contributed by atoms with Gasteiger partial charge in [0.25, 0.3) is 5.89 Å². The quantitative estimate of drug-likeness (QED) is 0.552. The van der Waals surface area contributed by atoms with E-state index in [1.165, 1.54) is 0 Å². The molecule has 4 rings (SSSR count). The highest BCUT2D eigenvalue weighted by Gasteiger charge is 2.11. The normalized spacial score (nSPS) is 10.8. The van der Waals surface area contributed by atoms with Gasteiger partial charge in [-0.1, -0.05) is 17.3 Å². The average Bonchev–Trinajstić information content (AvgIpc) is 3.32. The number of aromatic nitrogens is 5. The van der Waals surface area contributed by atoms with E-state index < -0.39 is 0 Å². The number of pyridine rings is 1. The number of benzene rings is 1. The average molecular weight is 347 g/mol. The number of aryl methyl sites for hydroxylation is 1. The van der Waals surface area contributed by atoms with E-state index in [1.54, 1.807) is 24.2 Å². The summed E-state index contributed by atoms with van der Waals surface area (Å²) in [6.07, 6.45) is 6.02. The first-order valence-electron chi connectivity index (χ1n) is 8.12. The van der Waals surface area contributed by atoms with E-state index in [2.05, 4.69) is 20.2 Å². The molecule has 0 saturated carbocycles. The predicted molar refractivity (Wildman–Crippen MR) is 95.5 cm³/mol. The Morgan fingerprint density at radius 2 is 1.88 bits per heavy atom. The maximum absolute atomic E-state index is 5.38. The smallest absolute Gasteiger partial charge is 0.259 e. The molecule has 1 aromatic carbocycles. The molecule has 0 radical (unpaired) electrons. The van der Waals surface area contributed by atoms with E-state index in [1.807, 2.05) is 49.6 Å². The van der Waals surface area contributed by atoms with Gasteiger partial charge >= 0.3 is 0 Å². The molecule has 3 heterocycles. The minimum Gasteiger partial charge on any atom is -0.497 e. The van der Waals surface area contributed by atoms with Crippen LogP contribution in [0.1, 0.15) is 11.4 Å². The van der Waals surface area contributed by atoms with Crippen molar-refractivity contribution in [3.63, 3.8) is 0 Å². The zero-order valence-electron chi connectivity index (χ0n) is 14.5. The molecule has 0 N–H and O–H groups in total. The van der Waals surface area contributed by atoms with E-state index >= 15 is 0 Å². The largest absolute Gasteiger partial charge is 0.497 e. The molecule has 0 saturated heterocycles. The first kappa shape index (κ1) is 16.0. The van der Waals surface area contributed by atoms with Crippen LogP contribution in [-0.4, -0.2) is 32.0 Å². The van der Waals surface area contributed by atoms with Crippen molar-refractivity contribution in [2.24, 2.45) is 7.05 Å². The van der Waals surface area contributed by atoms with Crippen LogP contribution in [0.15, 0.2) is 59.5 Å². The third-order valence-electron chi connectivity index (χ3n) is 4.00. The zero-order valence-corrected chi connectivity index (χ0v) is 14.5. The van der Waals surface area contributed by atoms with Gasteiger partial charge in [-0.2, -0.15) is 10.1 Å². The second-order valence-electron chi connectivity index (χ2n) is 5.88. The summed E-state index contributed by atoms with van der Waals surface area (Å²) < 4.78 is 12.3. The molecule has 3 aromatic heterocycles. The van der Waals surface area contributed by atoms with Crippen LogP contribution in [0.3, 0.4) is 0 Å². The number of hydrogen-bond donors (Lipinski definition) is 0. The number of hydrogen-bond acceptors (Lipinski definition) is 6. The van der Waals surface area contributed by atoms with Crippen LogP contribution in [0.5, 0.6) is 5.75 Å². The van der Waals surface area contributed by atoms with Crippen LogP contribution in [0, 0.1) is 0 Å². The molecule has 0 fully saturated rings. The molecule has 0 spiro atoms. The third-order valence-corrected chi connectivity index (χ3v) is 4.00. The van der Waals surface area contributed by atoms with Crippen LogP contribution in [0.2, 0.25) is 0 Å². The lowest BCUT2D eigenvalue weighted by atomic mass is 10.1. The molecule has 0 atom stereocenters. The Kier molecular flexibility index (Phi) is 4.18. The van der Waals surface area contributed by atoms with Crippen LogP contribution in [0.4, 0.5) is 0 Å². The molecule has 0 aliphatic rings. The fraction of sp³-hybridized carbons (Fsp3) is 0.158. The van der Waals surface area contributed by atoms with Crippen LogP contribution in [0.25, 0.3) is 22.7 Å². The van der Waals surface area contributed by atoms with Crippen molar-refractivity contribution in [2.45, 2.75) is 6.42 Å². The van der Waals surface area contributed by atoms with Gasteiger partial charge in [-0.3, -0.25) is 9.67 Å². The molecular weight excluding hydrogens is 330 g/mol. The van der Waals surface area contributed by atoms with E-state index in [9.17, 15) is 0 Å². The minimum atomic E-state index is 0.457. The van der Waals surface area contributed by atoms with Crippen LogP contribution >= 0.6 is 0 Å². The summed E-state index contributed by atoms with van der Waals surface area (Å²) in [5.41, 5.74) is 3.68. The van der Waals surface area contributed by atoms with Gasteiger partial charge in [-0.05, 0) is 29.8 Å². The molecular formula is C19H17N5O2. The van der Waals surface area contributed by atoms with Gasteiger partial charge in [0.05, 0.1) is 24.6 Å². The maximum Gasteiger partial charge on any atom is 0.259 e. The first-order chi connectivity index (χ1) is 12.7. The molecule has 0 bridgehead atoms. The van der Waals surface area contributed by atoms with Crippen molar-refractivity contribution in [3.8, 4) is 28.5 Å². The standard InChI is InChI=1S/C19H17N5O2/c1-24-12-15(11-21-24)17-8-5-14(10-20-17)19-22-18(23-26-19)9-13-3-6-16(25-2)7-4-13/h3-8,10-12H,9H2,1-2H3. The Morgan fingerprint density at radius 1 is 1.04 bits per heavy atom. The molecule has 7 heteroatoms. The molecule has 26 heavy (non-hydrogen) atoms. The Hall–Kier alpha value is -3.48. The Labute approximate surface area is 150 Å². The van der Waals surface area contributed by atoms with Gasteiger partial charge in [0.2, 0.25) is 0 Å². The molecule has 0 amide bonds. The number of nitrogens with zero attached hydrogens (tertiary/aromatic N) is 5. The Bertz CT molecular complexity index is 1000. The van der Waals surface area contributed by atoms with Gasteiger partial charge in [-0.15, -0.1) is 0 Å². The van der Waals surface area contributed by atoms with E-state index in [0.29, 0.717) is 18.1 Å². The fourth-order valence-corrected chi connectivity index (χ4v) is 2.61. The summed E-state index contributed by atoms with van der Waals surface area (Å²) in [5.74, 6) is 1.91. The van der Waals surface area contributed by atoms with E-state index in [0.717, 1.165) is 28.1 Å². The first-order valence-corrected chi connectivity index (χ1v) is 8.12. The monoisotopic (exact) mass is 347 g/mol. The van der Waals surface area contributed by atoms with E-state index in [4.69, 9.17) is 9.26 Å². The summed E-state index contributed by atoms with van der Waals surface area (Å²) in [4.78, 5) is 8.92. The highest BCUT2D eigenvalue weighted by molar-refractivity contribution is 5.61. The summed E-state index contributed by atoms with van der Waals surface area (Å²) >= 11 is 0. The van der Waals surface area contributed by atoms with Crippen LogP contribution in [-0.2, 0) is 13.5 Å². The SMILES string of the molecule is COc1ccc(Cc2noc(-c3ccc(-c4cnn(C)c4)nc3)n2)cc1. The van der Waals surface area contributed by atoms with Gasteiger partial charge in [0.15, 0.2) is 5.82 Å². The zero-order chi connectivity index (χ0) is 17.9. The van der Waals surface area contributed by atoms with Crippen molar-refractivity contribution < 1.29 is 9.26 Å². The summed E-state index contributed by atoms with van der Waals surface area (Å²) in [5, 5.41) is 8.21. The van der Waals surface area contributed by atoms with Gasteiger partial charge < -0.3 is 9.26 Å². The summed E-state index contributed by atoms with van der Waals surface area (Å²) in [6.45, 7) is 0. The Balaban J connectivity index is 1.50. The van der Waals surface area contributed by atoms with E-state index in [-0.39, 0.29) is 0 Å². The number of methoxy groups -OCH3 is 1. The molecule has 0 aliphatic carbocycles. The minimum absolute atomic E-state index is 0.457. The number of rotatable bonds is 5. The van der Waals surface area contributed by atoms with Crippen molar-refractivity contribution >= 4 is 0 Å². The lowest BCUT2D eigenvalue weighted by Crippen LogP contribution is -1.91. The second kappa shape index (κ2) is 6.79. The topological polar surface area (TPSA) is 78.9 Å². The van der Waals surface area contributed by atoms with Gasteiger partial charge in [-0.25, -0.2) is 0 Å². The second-order valence-corrected chi connectivity index (χ2v) is 5.88. The molecule has 130 valence electrons. The molecule has 0 aliphatic heterocycles. The number of ether oxygens (including phenoxy) is 1. The fourth-order valence-electron chi connectivity index (χ4n) is 2.61. The lowest BCUT2D eigenvalue weighted by Gasteiger charge is -2.00. The highest BCUT2D eigenvalue weighted by Crippen LogP contribution is 2.22. The van der Waals surface area contributed by atoms with Crippen LogP contribution < -0.4 is 4.74 Å². The lowest BCUT2D eigenvalue weighted by molar-refractivity contribution is 0.414. The molecule has 0 unspecified atom stereocenters. The van der Waals surface area contributed by atoms with Gasteiger partial charge in [0.1, 0.15) is 5.75 Å². The molecule has 4 aromatic rings. The molecule has 7 nitrogen and oxygen atoms in total. The van der Waals surface area contributed by atoms with Crippen molar-refractivity contribution in [1.29, 1.82) is 0 Å². The third kappa shape index (κ3) is 3.32. The summed E-state index contributed by atoms with van der Waals surface area (Å²) in [6, 6.07) is 11.6. The highest BCUT2D eigenvalue weighted by atomic mass is 16.5. The van der Waals surface area contributed by atoms with Crippen molar-refractivity contribution in [1.82, 2.24) is 24.9 Å². The summed E-state index contributed by atoms with van der Waals surface area (Å²) in [7, 11) is 3.52. The maximum atomic E-state index is 5.38. The Morgan fingerprint density at radius 3 is 2.54 bits per heavy atom. The predicted octanol–water partition coefficient (Wildman–Crippen LogP) is 3.13. The van der Waals surface area contributed by atoms with Crippen molar-refractivity contribution in [2.75, 3.05) is 7.11 Å².